The van der Waals surface area contributed by atoms with Crippen LogP contribution in [0.1, 0.15) is 0 Å². The van der Waals surface area contributed by atoms with Crippen molar-refractivity contribution in [3.05, 3.63) is 54.9 Å². The minimum Gasteiger partial charge on any atom is -0.368 e. The monoisotopic (exact) mass is 402 g/mol. The number of piperazine rings is 1. The molecule has 2 heterocycles. The van der Waals surface area contributed by atoms with Crippen molar-refractivity contribution in [2.24, 2.45) is 4.99 Å². The number of aliphatic imine (C=N–C) groups is 1. The van der Waals surface area contributed by atoms with E-state index in [9.17, 15) is 8.42 Å². The van der Waals surface area contributed by atoms with Gasteiger partial charge in [0.15, 0.2) is 5.96 Å². The number of guanidine groups is 1. The lowest BCUT2D eigenvalue weighted by Crippen LogP contribution is -2.53. The van der Waals surface area contributed by atoms with E-state index in [4.69, 9.17) is 0 Å². The lowest BCUT2D eigenvalue weighted by atomic mass is 10.2. The molecule has 1 aliphatic rings. The molecule has 9 heteroatoms. The fourth-order valence-electron chi connectivity index (χ4n) is 3.10. The number of rotatable bonds is 6. The Kier molecular flexibility index (Phi) is 6.83. The van der Waals surface area contributed by atoms with Crippen molar-refractivity contribution in [2.45, 2.75) is 4.90 Å². The molecule has 0 saturated carbocycles. The van der Waals surface area contributed by atoms with Gasteiger partial charge in [-0.15, -0.1) is 0 Å². The molecule has 1 fully saturated rings. The van der Waals surface area contributed by atoms with Gasteiger partial charge in [0.05, 0.1) is 0 Å². The Morgan fingerprint density at radius 1 is 1.07 bits per heavy atom. The highest BCUT2D eigenvalue weighted by Gasteiger charge is 2.20. The van der Waals surface area contributed by atoms with E-state index >= 15 is 0 Å². The van der Waals surface area contributed by atoms with Gasteiger partial charge in [-0.2, -0.15) is 0 Å². The van der Waals surface area contributed by atoms with Crippen LogP contribution in [0.5, 0.6) is 0 Å². The van der Waals surface area contributed by atoms with Crippen molar-refractivity contribution in [2.75, 3.05) is 51.2 Å². The lowest BCUT2D eigenvalue weighted by Gasteiger charge is -2.37. The van der Waals surface area contributed by atoms with Crippen molar-refractivity contribution >= 4 is 21.7 Å². The number of aromatic nitrogens is 1. The van der Waals surface area contributed by atoms with Crippen LogP contribution in [0.25, 0.3) is 0 Å². The maximum absolute atomic E-state index is 12.2. The zero-order valence-electron chi connectivity index (χ0n) is 16.0. The number of pyridine rings is 1. The van der Waals surface area contributed by atoms with Crippen LogP contribution >= 0.6 is 0 Å². The second kappa shape index (κ2) is 9.52. The van der Waals surface area contributed by atoms with E-state index in [0.717, 1.165) is 32.1 Å². The maximum atomic E-state index is 12.2. The van der Waals surface area contributed by atoms with E-state index in [1.165, 1.54) is 18.0 Å². The van der Waals surface area contributed by atoms with Gasteiger partial charge in [0, 0.05) is 64.4 Å². The molecule has 0 radical (unpaired) electrons. The molecule has 0 spiro atoms. The van der Waals surface area contributed by atoms with E-state index < -0.39 is 10.0 Å². The van der Waals surface area contributed by atoms with Gasteiger partial charge in [0.2, 0.25) is 10.0 Å². The zero-order valence-corrected chi connectivity index (χ0v) is 16.8. The first-order valence-electron chi connectivity index (χ1n) is 9.25. The van der Waals surface area contributed by atoms with Gasteiger partial charge in [0.25, 0.3) is 0 Å². The van der Waals surface area contributed by atoms with E-state index in [1.807, 2.05) is 6.07 Å². The van der Waals surface area contributed by atoms with Gasteiger partial charge in [0.1, 0.15) is 4.90 Å². The molecule has 150 valence electrons. The molecule has 1 aromatic carbocycles. The lowest BCUT2D eigenvalue weighted by molar-refractivity contribution is 0.373. The second-order valence-electron chi connectivity index (χ2n) is 6.37. The third-order valence-corrected chi connectivity index (χ3v) is 6.00. The second-order valence-corrected chi connectivity index (χ2v) is 8.14. The Labute approximate surface area is 166 Å². The molecule has 1 aromatic heterocycles. The number of para-hydroxylation sites is 1. The third-order valence-electron chi connectivity index (χ3n) is 4.56. The summed E-state index contributed by atoms with van der Waals surface area (Å²) in [5.74, 6) is 0.785. The summed E-state index contributed by atoms with van der Waals surface area (Å²) >= 11 is 0. The predicted octanol–water partition coefficient (Wildman–Crippen LogP) is 0.758. The quantitative estimate of drug-likeness (QED) is 0.421. The Morgan fingerprint density at radius 3 is 2.46 bits per heavy atom. The van der Waals surface area contributed by atoms with E-state index in [1.54, 1.807) is 19.3 Å². The van der Waals surface area contributed by atoms with Crippen LogP contribution in [0.15, 0.2) is 64.7 Å². The van der Waals surface area contributed by atoms with Crippen LogP contribution in [0.4, 0.5) is 5.69 Å². The number of nitrogens with one attached hydrogen (secondary N) is 2. The summed E-state index contributed by atoms with van der Waals surface area (Å²) < 4.78 is 27.0. The van der Waals surface area contributed by atoms with Crippen molar-refractivity contribution in [1.82, 2.24) is 19.9 Å². The number of nitrogens with zero attached hydrogens (tertiary/aromatic N) is 4. The molecule has 2 aromatic rings. The Morgan fingerprint density at radius 2 is 1.82 bits per heavy atom. The van der Waals surface area contributed by atoms with Gasteiger partial charge >= 0.3 is 0 Å². The predicted molar refractivity (Wildman–Crippen MR) is 111 cm³/mol. The average molecular weight is 403 g/mol. The van der Waals surface area contributed by atoms with Gasteiger partial charge in [-0.1, -0.05) is 18.2 Å². The molecule has 1 saturated heterocycles. The summed E-state index contributed by atoms with van der Waals surface area (Å²) in [6, 6.07) is 13.5. The Balaban J connectivity index is 1.44. The molecule has 0 aliphatic carbocycles. The number of hydrogen-bond donors (Lipinski definition) is 2. The van der Waals surface area contributed by atoms with Crippen LogP contribution < -0.4 is 14.9 Å². The number of benzene rings is 1. The number of sulfonamides is 1. The van der Waals surface area contributed by atoms with E-state index in [-0.39, 0.29) is 11.4 Å². The summed E-state index contributed by atoms with van der Waals surface area (Å²) in [4.78, 5) is 12.9. The van der Waals surface area contributed by atoms with Crippen molar-refractivity contribution in [1.29, 1.82) is 0 Å². The minimum atomic E-state index is -3.54. The van der Waals surface area contributed by atoms with Crippen LogP contribution in [0.2, 0.25) is 0 Å². The molecule has 1 aliphatic heterocycles. The normalized spacial score (nSPS) is 15.5. The molecule has 3 rings (SSSR count). The maximum Gasteiger partial charge on any atom is 0.242 e. The molecule has 0 atom stereocenters. The highest BCUT2D eigenvalue weighted by Crippen LogP contribution is 2.15. The molecule has 0 bridgehead atoms. The molecular formula is C19H26N6O2S. The Bertz CT molecular complexity index is 866. The van der Waals surface area contributed by atoms with Gasteiger partial charge < -0.3 is 15.1 Å². The topological polar surface area (TPSA) is 89.9 Å². The van der Waals surface area contributed by atoms with Crippen molar-refractivity contribution in [3.8, 4) is 0 Å². The molecule has 28 heavy (non-hydrogen) atoms. The summed E-state index contributed by atoms with van der Waals surface area (Å²) in [5, 5.41) is 3.23. The molecule has 0 unspecified atom stereocenters. The van der Waals surface area contributed by atoms with Gasteiger partial charge in [-0.3, -0.25) is 9.98 Å². The number of anilines is 1. The van der Waals surface area contributed by atoms with E-state index in [0.29, 0.717) is 6.54 Å². The van der Waals surface area contributed by atoms with Crippen molar-refractivity contribution < 1.29 is 8.42 Å². The molecule has 0 amide bonds. The minimum absolute atomic E-state index is 0.163. The average Bonchev–Trinajstić information content (AvgIpc) is 2.75. The number of hydrogen-bond acceptors (Lipinski definition) is 5. The fourth-order valence-corrected chi connectivity index (χ4v) is 4.09. The highest BCUT2D eigenvalue weighted by atomic mass is 32.2. The first-order chi connectivity index (χ1) is 13.6. The summed E-state index contributed by atoms with van der Waals surface area (Å²) in [6.07, 6.45) is 2.88. The SMILES string of the molecule is CN=C(NCCNS(=O)(=O)c1cccnc1)N1CCN(c2ccccc2)CC1. The molecular weight excluding hydrogens is 376 g/mol. The first kappa shape index (κ1) is 20.1. The third kappa shape index (κ3) is 5.20. The smallest absolute Gasteiger partial charge is 0.242 e. The van der Waals surface area contributed by atoms with Crippen molar-refractivity contribution in [3.63, 3.8) is 0 Å². The van der Waals surface area contributed by atoms with Crippen LogP contribution in [0.3, 0.4) is 0 Å². The van der Waals surface area contributed by atoms with Crippen LogP contribution in [-0.2, 0) is 10.0 Å². The van der Waals surface area contributed by atoms with Gasteiger partial charge in [-0.05, 0) is 24.3 Å². The Hall–Kier alpha value is -2.65. The van der Waals surface area contributed by atoms with E-state index in [2.05, 4.69) is 54.1 Å². The summed E-state index contributed by atoms with van der Waals surface area (Å²) in [6.45, 7) is 4.26. The molecule has 8 nitrogen and oxygen atoms in total. The molecule has 2 N–H and O–H groups in total. The zero-order chi connectivity index (χ0) is 19.8. The fraction of sp³-hybridized carbons (Fsp3) is 0.368. The van der Waals surface area contributed by atoms with Crippen LogP contribution in [-0.4, -0.2) is 70.6 Å². The summed E-state index contributed by atoms with van der Waals surface area (Å²) in [7, 11) is -1.80. The van der Waals surface area contributed by atoms with Gasteiger partial charge in [-0.25, -0.2) is 13.1 Å². The first-order valence-corrected chi connectivity index (χ1v) is 10.7. The van der Waals surface area contributed by atoms with Crippen LogP contribution in [0, 0.1) is 0 Å². The largest absolute Gasteiger partial charge is 0.368 e. The highest BCUT2D eigenvalue weighted by molar-refractivity contribution is 7.89. The standard InChI is InChI=1S/C19H26N6O2S/c1-20-19(22-10-11-23-28(26,27)18-8-5-9-21-16-18)25-14-12-24(13-15-25)17-6-3-2-4-7-17/h2-9,16,23H,10-15H2,1H3,(H,20,22). The summed E-state index contributed by atoms with van der Waals surface area (Å²) in [5.41, 5.74) is 1.23.